The number of hydrogen-bond donors (Lipinski definition) is 2. The molecular weight excluding hydrogens is 389 g/mol. The SMILES string of the molecule is CCC[C@@H]1CCN(c2ccc3c(=O)c(C(=O)O)cn([C@@H]4C[C@@H]4F)c3c2OC)C[C@H]1N. The summed E-state index contributed by atoms with van der Waals surface area (Å²) in [5.74, 6) is -0.381. The third-order valence-corrected chi connectivity index (χ3v) is 6.41. The van der Waals surface area contributed by atoms with Gasteiger partial charge in [-0.15, -0.1) is 0 Å². The van der Waals surface area contributed by atoms with E-state index in [0.29, 0.717) is 23.7 Å². The maximum atomic E-state index is 14.0. The number of rotatable bonds is 6. The second kappa shape index (κ2) is 7.91. The fraction of sp³-hybridized carbons (Fsp3) is 0.545. The minimum absolute atomic E-state index is 0.0364. The van der Waals surface area contributed by atoms with Crippen LogP contribution >= 0.6 is 0 Å². The molecule has 4 atom stereocenters. The van der Waals surface area contributed by atoms with Crippen molar-refractivity contribution in [2.24, 2.45) is 11.7 Å². The van der Waals surface area contributed by atoms with Gasteiger partial charge in [-0.05, 0) is 30.9 Å². The third-order valence-electron chi connectivity index (χ3n) is 6.41. The number of carbonyl (C=O) groups is 1. The maximum Gasteiger partial charge on any atom is 0.341 e. The largest absolute Gasteiger partial charge is 0.492 e. The summed E-state index contributed by atoms with van der Waals surface area (Å²) in [5, 5.41) is 9.66. The van der Waals surface area contributed by atoms with Crippen LogP contribution < -0.4 is 20.8 Å². The van der Waals surface area contributed by atoms with Gasteiger partial charge in [0.2, 0.25) is 5.43 Å². The molecule has 0 amide bonds. The van der Waals surface area contributed by atoms with Gasteiger partial charge in [-0.1, -0.05) is 13.3 Å². The summed E-state index contributed by atoms with van der Waals surface area (Å²) in [7, 11) is 1.52. The van der Waals surface area contributed by atoms with Gasteiger partial charge in [0.05, 0.1) is 29.7 Å². The number of ether oxygens (including phenoxy) is 1. The molecule has 4 rings (SSSR count). The second-order valence-electron chi connectivity index (χ2n) is 8.36. The molecule has 1 saturated carbocycles. The second-order valence-corrected chi connectivity index (χ2v) is 8.36. The predicted octanol–water partition coefficient (Wildman–Crippen LogP) is 2.94. The summed E-state index contributed by atoms with van der Waals surface area (Å²) in [4.78, 5) is 26.5. The minimum Gasteiger partial charge on any atom is -0.492 e. The first-order chi connectivity index (χ1) is 14.4. The number of fused-ring (bicyclic) bond motifs is 1. The van der Waals surface area contributed by atoms with E-state index in [2.05, 4.69) is 11.8 Å². The van der Waals surface area contributed by atoms with Crippen LogP contribution in [-0.2, 0) is 0 Å². The Morgan fingerprint density at radius 2 is 2.13 bits per heavy atom. The highest BCUT2D eigenvalue weighted by Gasteiger charge is 2.41. The Bertz CT molecular complexity index is 1040. The topological polar surface area (TPSA) is 97.8 Å². The maximum absolute atomic E-state index is 14.0. The fourth-order valence-electron chi connectivity index (χ4n) is 4.69. The first kappa shape index (κ1) is 20.7. The number of aromatic nitrogens is 1. The molecule has 2 aromatic rings. The smallest absolute Gasteiger partial charge is 0.341 e. The number of benzene rings is 1. The molecule has 162 valence electrons. The van der Waals surface area contributed by atoms with Crippen molar-refractivity contribution in [3.8, 4) is 5.75 Å². The Morgan fingerprint density at radius 1 is 1.40 bits per heavy atom. The molecule has 2 aliphatic rings. The molecule has 0 unspecified atom stereocenters. The normalized spacial score (nSPS) is 26.1. The van der Waals surface area contributed by atoms with Gasteiger partial charge in [-0.2, -0.15) is 0 Å². The lowest BCUT2D eigenvalue weighted by atomic mass is 9.88. The number of methoxy groups -OCH3 is 1. The highest BCUT2D eigenvalue weighted by Crippen LogP contribution is 2.44. The Kier molecular flexibility index (Phi) is 5.44. The van der Waals surface area contributed by atoms with Crippen LogP contribution in [0.1, 0.15) is 49.0 Å². The van der Waals surface area contributed by atoms with E-state index in [1.165, 1.54) is 13.3 Å². The van der Waals surface area contributed by atoms with E-state index in [4.69, 9.17) is 10.5 Å². The molecular formula is C22H28FN3O4. The van der Waals surface area contributed by atoms with Crippen LogP contribution in [0.2, 0.25) is 0 Å². The number of carboxylic acid groups (broad SMARTS) is 1. The quantitative estimate of drug-likeness (QED) is 0.750. The van der Waals surface area contributed by atoms with Gasteiger partial charge in [0.25, 0.3) is 0 Å². The summed E-state index contributed by atoms with van der Waals surface area (Å²) in [6.07, 6.45) is 3.64. The Morgan fingerprint density at radius 3 is 2.70 bits per heavy atom. The monoisotopic (exact) mass is 417 g/mol. The Labute approximate surface area is 174 Å². The summed E-state index contributed by atoms with van der Waals surface area (Å²) in [6, 6.07) is 2.95. The van der Waals surface area contributed by atoms with Crippen molar-refractivity contribution >= 4 is 22.6 Å². The average Bonchev–Trinajstić information content (AvgIpc) is 3.45. The van der Waals surface area contributed by atoms with Crippen molar-refractivity contribution in [1.82, 2.24) is 4.57 Å². The molecule has 0 radical (unpaired) electrons. The molecule has 1 saturated heterocycles. The Balaban J connectivity index is 1.85. The number of halogens is 1. The first-order valence-corrected chi connectivity index (χ1v) is 10.5. The van der Waals surface area contributed by atoms with Gasteiger partial charge in [-0.3, -0.25) is 4.79 Å². The molecule has 2 heterocycles. The standard InChI is InChI=1S/C22H28FN3O4/c1-3-4-12-7-8-25(11-16(12)24)17-6-5-13-19(21(17)30-2)26(18-9-15(18)23)10-14(20(13)27)22(28)29/h5-6,10,12,15-16,18H,3-4,7-9,11,24H2,1-2H3,(H,28,29)/t12-,15+,16-,18-/m1/s1. The van der Waals surface area contributed by atoms with Crippen LogP contribution in [0.3, 0.4) is 0 Å². The number of piperidine rings is 1. The van der Waals surface area contributed by atoms with Crippen LogP contribution in [0.4, 0.5) is 10.1 Å². The summed E-state index contributed by atoms with van der Waals surface area (Å²) in [5.41, 5.74) is 6.71. The van der Waals surface area contributed by atoms with Gasteiger partial charge in [-0.25, -0.2) is 9.18 Å². The van der Waals surface area contributed by atoms with Crippen molar-refractivity contribution in [2.45, 2.75) is 50.9 Å². The molecule has 0 spiro atoms. The molecule has 1 aliphatic heterocycles. The van der Waals surface area contributed by atoms with Crippen LogP contribution in [0.25, 0.3) is 10.9 Å². The zero-order chi connectivity index (χ0) is 21.6. The zero-order valence-corrected chi connectivity index (χ0v) is 17.3. The molecule has 1 aliphatic carbocycles. The minimum atomic E-state index is -1.32. The van der Waals surface area contributed by atoms with Crippen molar-refractivity contribution < 1.29 is 19.0 Å². The van der Waals surface area contributed by atoms with E-state index < -0.39 is 23.6 Å². The van der Waals surface area contributed by atoms with Gasteiger partial charge in [0.1, 0.15) is 11.7 Å². The number of alkyl halides is 1. The lowest BCUT2D eigenvalue weighted by molar-refractivity contribution is 0.0694. The van der Waals surface area contributed by atoms with Gasteiger partial charge >= 0.3 is 5.97 Å². The van der Waals surface area contributed by atoms with Crippen LogP contribution in [0, 0.1) is 5.92 Å². The molecule has 1 aromatic heterocycles. The Hall–Kier alpha value is -2.61. The molecule has 1 aromatic carbocycles. The van der Waals surface area contributed by atoms with Crippen LogP contribution in [0.15, 0.2) is 23.1 Å². The van der Waals surface area contributed by atoms with E-state index in [1.807, 2.05) is 0 Å². The third kappa shape index (κ3) is 3.43. The number of aromatic carboxylic acids is 1. The summed E-state index contributed by atoms with van der Waals surface area (Å²) < 4.78 is 21.3. The van der Waals surface area contributed by atoms with Crippen LogP contribution in [-0.4, -0.2) is 48.1 Å². The van der Waals surface area contributed by atoms with Gasteiger partial charge < -0.3 is 25.0 Å². The molecule has 8 heteroatoms. The van der Waals surface area contributed by atoms with Gasteiger partial charge in [0.15, 0.2) is 5.75 Å². The highest BCUT2D eigenvalue weighted by atomic mass is 19.1. The fourth-order valence-corrected chi connectivity index (χ4v) is 4.69. The first-order valence-electron chi connectivity index (χ1n) is 10.5. The van der Waals surface area contributed by atoms with Crippen molar-refractivity contribution in [3.63, 3.8) is 0 Å². The average molecular weight is 417 g/mol. The molecule has 0 bridgehead atoms. The van der Waals surface area contributed by atoms with E-state index >= 15 is 0 Å². The number of nitrogens with two attached hydrogens (primary N) is 1. The van der Waals surface area contributed by atoms with Crippen molar-refractivity contribution in [1.29, 1.82) is 0 Å². The number of pyridine rings is 1. The zero-order valence-electron chi connectivity index (χ0n) is 17.3. The predicted molar refractivity (Wildman–Crippen MR) is 113 cm³/mol. The number of anilines is 1. The molecule has 7 nitrogen and oxygen atoms in total. The number of nitrogens with zero attached hydrogens (tertiary/aromatic N) is 2. The molecule has 3 N–H and O–H groups in total. The van der Waals surface area contributed by atoms with E-state index in [0.717, 1.165) is 31.5 Å². The summed E-state index contributed by atoms with van der Waals surface area (Å²) >= 11 is 0. The highest BCUT2D eigenvalue weighted by molar-refractivity contribution is 5.97. The number of carboxylic acids is 1. The van der Waals surface area contributed by atoms with E-state index in [9.17, 15) is 19.1 Å². The van der Waals surface area contributed by atoms with E-state index in [-0.39, 0.29) is 23.4 Å². The molecule has 30 heavy (non-hydrogen) atoms. The van der Waals surface area contributed by atoms with E-state index in [1.54, 1.807) is 16.7 Å². The van der Waals surface area contributed by atoms with Crippen LogP contribution in [0.5, 0.6) is 5.75 Å². The lowest BCUT2D eigenvalue weighted by Crippen LogP contribution is -2.48. The molecule has 2 fully saturated rings. The summed E-state index contributed by atoms with van der Waals surface area (Å²) in [6.45, 7) is 3.64. The van der Waals surface area contributed by atoms with Gasteiger partial charge in [0, 0.05) is 31.7 Å². The van der Waals surface area contributed by atoms with Crippen molar-refractivity contribution in [2.75, 3.05) is 25.1 Å². The van der Waals surface area contributed by atoms with Crippen molar-refractivity contribution in [3.05, 3.63) is 34.1 Å². The lowest BCUT2D eigenvalue weighted by Gasteiger charge is -2.38. The number of hydrogen-bond acceptors (Lipinski definition) is 5.